The molecule has 2 aromatic carbocycles. The molecule has 2 atom stereocenters. The first kappa shape index (κ1) is 30.2. The smallest absolute Gasteiger partial charge is 0.393 e. The predicted molar refractivity (Wildman–Crippen MR) is 158 cm³/mol. The van der Waals surface area contributed by atoms with E-state index in [0.29, 0.717) is 45.1 Å². The average Bonchev–Trinajstić information content (AvgIpc) is 3.19. The molecule has 0 unspecified atom stereocenters. The van der Waals surface area contributed by atoms with Gasteiger partial charge in [-0.3, -0.25) is 0 Å². The lowest BCUT2D eigenvalue weighted by molar-refractivity contribution is -0.126. The van der Waals surface area contributed by atoms with Crippen molar-refractivity contribution in [2.24, 2.45) is 0 Å². The van der Waals surface area contributed by atoms with E-state index in [1.165, 1.54) is 18.4 Å². The van der Waals surface area contributed by atoms with E-state index in [2.05, 4.69) is 22.5 Å². The van der Waals surface area contributed by atoms with Crippen molar-refractivity contribution in [3.8, 4) is 17.6 Å². The summed E-state index contributed by atoms with van der Waals surface area (Å²) < 4.78 is 74.2. The highest BCUT2D eigenvalue weighted by Crippen LogP contribution is 2.41. The monoisotopic (exact) mass is 595 g/mol. The molecule has 1 aromatic heterocycles. The number of halogens is 4. The lowest BCUT2D eigenvalue weighted by Gasteiger charge is -2.33. The van der Waals surface area contributed by atoms with Crippen LogP contribution in [0.25, 0.3) is 10.1 Å². The minimum atomic E-state index is -4.41. The molecule has 1 aliphatic heterocycles. The number of hydrogen-bond acceptors (Lipinski definition) is 6. The fourth-order valence-corrected chi connectivity index (χ4v) is 7.62. The van der Waals surface area contributed by atoms with E-state index in [1.54, 1.807) is 43.7 Å². The zero-order chi connectivity index (χ0) is 29.2. The molecule has 216 valence electrons. The Labute approximate surface area is 236 Å². The van der Waals surface area contributed by atoms with Gasteiger partial charge in [-0.05, 0) is 62.9 Å². The van der Waals surface area contributed by atoms with Crippen molar-refractivity contribution in [3.63, 3.8) is 0 Å². The van der Waals surface area contributed by atoms with Gasteiger partial charge in [0.25, 0.3) is 0 Å². The van der Waals surface area contributed by atoms with Crippen molar-refractivity contribution in [2.75, 3.05) is 57.8 Å². The van der Waals surface area contributed by atoms with Gasteiger partial charge in [-0.25, -0.2) is 4.39 Å². The summed E-state index contributed by atoms with van der Waals surface area (Å²) in [6.07, 6.45) is -5.98. The number of rotatable bonds is 7. The molecule has 0 aliphatic carbocycles. The third kappa shape index (κ3) is 6.94. The van der Waals surface area contributed by atoms with Crippen molar-refractivity contribution in [1.29, 1.82) is 0 Å². The van der Waals surface area contributed by atoms with Crippen LogP contribution < -0.4 is 20.7 Å². The third-order valence-corrected chi connectivity index (χ3v) is 9.85. The number of likely N-dealkylation sites (tertiary alicyclic amines) is 1. The normalized spacial score (nSPS) is 18.3. The van der Waals surface area contributed by atoms with Crippen molar-refractivity contribution in [2.45, 2.75) is 38.2 Å². The predicted octanol–water partition coefficient (Wildman–Crippen LogP) is 6.49. The van der Waals surface area contributed by atoms with Crippen molar-refractivity contribution in [3.05, 3.63) is 46.3 Å². The number of piperidine rings is 1. The number of fused-ring (bicyclic) bond motifs is 1. The number of hydrogen-bond donors (Lipinski definition) is 2. The van der Waals surface area contributed by atoms with Crippen LogP contribution in [0.4, 0.5) is 28.9 Å². The van der Waals surface area contributed by atoms with E-state index in [0.717, 1.165) is 17.4 Å². The second-order valence-corrected chi connectivity index (χ2v) is 14.7. The Bertz CT molecular complexity index is 1490. The molecular formula is C29H34F4N3O2PS. The first-order chi connectivity index (χ1) is 18.8. The molecule has 0 amide bonds. The van der Waals surface area contributed by atoms with Gasteiger partial charge in [-0.1, -0.05) is 24.0 Å². The van der Waals surface area contributed by atoms with Crippen LogP contribution in [0.15, 0.2) is 30.3 Å². The standard InChI is InChI=1S/C29H34F4N3O2PS/c1-18-25(39(4,5)37)12-11-23(27(18)38-3)34-14-7-10-26-20(16-29(31,32)33)19-8-6-9-24(28(19)40-26)35-22-13-15-36(2)17-21(22)30/h6,8-9,11-12,21-22,34-35H,13-17H2,1-5H3/t21-,22+/m0/s1. The van der Waals surface area contributed by atoms with Crippen molar-refractivity contribution >= 4 is 45.2 Å². The minimum absolute atomic E-state index is 0.128. The van der Waals surface area contributed by atoms with E-state index in [1.807, 2.05) is 18.9 Å². The number of thiophene rings is 1. The largest absolute Gasteiger partial charge is 0.494 e. The van der Waals surface area contributed by atoms with Gasteiger partial charge in [0.05, 0.1) is 47.1 Å². The first-order valence-electron chi connectivity index (χ1n) is 12.9. The van der Waals surface area contributed by atoms with Gasteiger partial charge in [-0.15, -0.1) is 11.3 Å². The topological polar surface area (TPSA) is 53.6 Å². The Kier molecular flexibility index (Phi) is 9.08. The minimum Gasteiger partial charge on any atom is -0.494 e. The molecule has 0 radical (unpaired) electrons. The Morgan fingerprint density at radius 3 is 2.60 bits per heavy atom. The van der Waals surface area contributed by atoms with Crippen LogP contribution in [0.3, 0.4) is 0 Å². The van der Waals surface area contributed by atoms with Gasteiger partial charge in [0.1, 0.15) is 19.1 Å². The lowest BCUT2D eigenvalue weighted by Crippen LogP contribution is -2.46. The lowest BCUT2D eigenvalue weighted by atomic mass is 10.0. The highest BCUT2D eigenvalue weighted by Gasteiger charge is 2.32. The van der Waals surface area contributed by atoms with Crippen LogP contribution >= 0.6 is 18.5 Å². The van der Waals surface area contributed by atoms with Crippen LogP contribution in [0.2, 0.25) is 0 Å². The molecule has 0 bridgehead atoms. The number of anilines is 2. The van der Waals surface area contributed by atoms with Gasteiger partial charge in [0.15, 0.2) is 0 Å². The molecule has 5 nitrogen and oxygen atoms in total. The summed E-state index contributed by atoms with van der Waals surface area (Å²) in [5, 5.41) is 7.62. The summed E-state index contributed by atoms with van der Waals surface area (Å²) in [5.74, 6) is 6.45. The summed E-state index contributed by atoms with van der Waals surface area (Å²) >= 11 is 1.19. The highest BCUT2D eigenvalue weighted by atomic mass is 32.1. The maximum atomic E-state index is 14.7. The van der Waals surface area contributed by atoms with Gasteiger partial charge < -0.3 is 24.8 Å². The van der Waals surface area contributed by atoms with E-state index < -0.39 is 32.0 Å². The molecule has 3 aromatic rings. The summed E-state index contributed by atoms with van der Waals surface area (Å²) in [7, 11) is 0.896. The van der Waals surface area contributed by atoms with Crippen LogP contribution in [0.1, 0.15) is 22.4 Å². The Hall–Kier alpha value is -2.73. The Morgan fingerprint density at radius 1 is 1.20 bits per heavy atom. The fraction of sp³-hybridized carbons (Fsp3) is 0.448. The number of alkyl halides is 4. The molecule has 2 heterocycles. The maximum Gasteiger partial charge on any atom is 0.393 e. The van der Waals surface area contributed by atoms with Crippen LogP contribution in [0.5, 0.6) is 5.75 Å². The Morgan fingerprint density at radius 2 is 1.95 bits per heavy atom. The fourth-order valence-electron chi connectivity index (χ4n) is 5.11. The number of benzene rings is 2. The van der Waals surface area contributed by atoms with Gasteiger partial charge in [0, 0.05) is 24.0 Å². The van der Waals surface area contributed by atoms with Gasteiger partial charge in [0.2, 0.25) is 0 Å². The zero-order valence-electron chi connectivity index (χ0n) is 23.2. The molecule has 2 N–H and O–H groups in total. The maximum absolute atomic E-state index is 14.7. The molecule has 1 aliphatic rings. The molecule has 1 fully saturated rings. The molecular weight excluding hydrogens is 561 g/mol. The molecule has 0 saturated carbocycles. The number of ether oxygens (including phenoxy) is 1. The van der Waals surface area contributed by atoms with Crippen molar-refractivity contribution in [1.82, 2.24) is 4.90 Å². The molecule has 0 spiro atoms. The van der Waals surface area contributed by atoms with Crippen molar-refractivity contribution < 1.29 is 26.9 Å². The van der Waals surface area contributed by atoms with E-state index in [9.17, 15) is 22.1 Å². The van der Waals surface area contributed by atoms with E-state index >= 15 is 0 Å². The number of nitrogens with one attached hydrogen (secondary N) is 2. The molecule has 40 heavy (non-hydrogen) atoms. The van der Waals surface area contributed by atoms with Crippen LogP contribution in [-0.4, -0.2) is 70.4 Å². The first-order valence-corrected chi connectivity index (χ1v) is 16.4. The zero-order valence-corrected chi connectivity index (χ0v) is 24.9. The van der Waals surface area contributed by atoms with Gasteiger partial charge in [-0.2, -0.15) is 13.2 Å². The molecule has 4 rings (SSSR count). The summed E-state index contributed by atoms with van der Waals surface area (Å²) in [6.45, 7) is 6.45. The summed E-state index contributed by atoms with van der Waals surface area (Å²) in [5.41, 5.74) is 2.18. The number of nitrogens with zero attached hydrogens (tertiary/aromatic N) is 1. The van der Waals surface area contributed by atoms with Gasteiger partial charge >= 0.3 is 6.18 Å². The third-order valence-electron chi connectivity index (χ3n) is 7.01. The molecule has 1 saturated heterocycles. The summed E-state index contributed by atoms with van der Waals surface area (Å²) in [6, 6.07) is 8.30. The SMILES string of the molecule is COc1c(NCC#Cc2sc3c(N[C@@H]4CCN(C)C[C@@H]4F)cccc3c2CC(F)(F)F)ccc(P(C)(C)=O)c1C. The Balaban J connectivity index is 1.62. The van der Waals surface area contributed by atoms with E-state index in [-0.39, 0.29) is 12.1 Å². The number of methoxy groups -OCH3 is 1. The quantitative estimate of drug-likeness (QED) is 0.186. The highest BCUT2D eigenvalue weighted by molar-refractivity contribution is 7.70. The van der Waals surface area contributed by atoms with Crippen LogP contribution in [0, 0.1) is 18.8 Å². The van der Waals surface area contributed by atoms with Crippen LogP contribution in [-0.2, 0) is 11.0 Å². The average molecular weight is 596 g/mol. The second-order valence-electron chi connectivity index (χ2n) is 10.5. The molecule has 11 heteroatoms. The van der Waals surface area contributed by atoms with E-state index in [4.69, 9.17) is 4.74 Å². The summed E-state index contributed by atoms with van der Waals surface area (Å²) in [4.78, 5) is 2.26. The second kappa shape index (κ2) is 12.0.